The number of allylic oxidation sites excluding steroid dienone is 15. The van der Waals surface area contributed by atoms with Gasteiger partial charge in [-0.1, -0.05) is 214 Å². The van der Waals surface area contributed by atoms with Crippen LogP contribution in [-0.4, -0.2) is 37.9 Å². The van der Waals surface area contributed by atoms with Crippen molar-refractivity contribution < 1.29 is 23.8 Å². The molecule has 0 rings (SSSR count). The predicted octanol–water partition coefficient (Wildman–Crippen LogP) is 18.2. The lowest BCUT2D eigenvalue weighted by Crippen LogP contribution is -2.30. The van der Waals surface area contributed by atoms with E-state index in [4.69, 9.17) is 14.2 Å². The first kappa shape index (κ1) is 60.8. The maximum absolute atomic E-state index is 12.8. The van der Waals surface area contributed by atoms with Gasteiger partial charge in [0.05, 0.1) is 13.2 Å². The van der Waals surface area contributed by atoms with Crippen molar-refractivity contribution in [2.75, 3.05) is 19.8 Å². The Labute approximate surface area is 396 Å². The lowest BCUT2D eigenvalue weighted by Gasteiger charge is -2.18. The average molecular weight is 889 g/mol. The summed E-state index contributed by atoms with van der Waals surface area (Å²) in [5.74, 6) is -0.460. The Bertz CT molecular complexity index is 1230. The lowest BCUT2D eigenvalue weighted by molar-refractivity contribution is -0.162. The molecule has 0 aliphatic heterocycles. The zero-order chi connectivity index (χ0) is 46.3. The molecule has 366 valence electrons. The van der Waals surface area contributed by atoms with E-state index in [1.165, 1.54) is 116 Å². The maximum atomic E-state index is 12.8. The molecule has 0 aromatic rings. The van der Waals surface area contributed by atoms with Gasteiger partial charge in [0.1, 0.15) is 6.61 Å². The molecular formula is C59H100O5. The molecule has 0 aliphatic rings. The summed E-state index contributed by atoms with van der Waals surface area (Å²) in [6, 6.07) is 0. The molecular weight excluding hydrogens is 789 g/mol. The van der Waals surface area contributed by atoms with Gasteiger partial charge in [0.15, 0.2) is 6.10 Å². The van der Waals surface area contributed by atoms with Crippen molar-refractivity contribution in [3.8, 4) is 0 Å². The molecule has 0 saturated carbocycles. The molecule has 0 spiro atoms. The van der Waals surface area contributed by atoms with E-state index >= 15 is 0 Å². The molecule has 64 heavy (non-hydrogen) atoms. The molecule has 5 heteroatoms. The minimum absolute atomic E-state index is 0.0435. The van der Waals surface area contributed by atoms with Crippen LogP contribution in [-0.2, 0) is 23.8 Å². The molecule has 5 nitrogen and oxygen atoms in total. The van der Waals surface area contributed by atoms with Gasteiger partial charge in [-0.3, -0.25) is 9.59 Å². The summed E-state index contributed by atoms with van der Waals surface area (Å²) in [6.45, 7) is 7.46. The van der Waals surface area contributed by atoms with E-state index in [2.05, 4.69) is 118 Å². The SMILES string of the molecule is CC/C=C\C/C=C\C/C=C\C/C=C\C/C=C\CCOCC(COC(=O)CCCCCCCCC/C=C\CCCCCCCC)OC(=O)CCCCCCC/C=C\C/C=C\CCCCC. The Morgan fingerprint density at radius 2 is 0.703 bits per heavy atom. The third-order valence-electron chi connectivity index (χ3n) is 11.1. The highest BCUT2D eigenvalue weighted by Crippen LogP contribution is 2.13. The number of hydrogen-bond donors (Lipinski definition) is 0. The number of carbonyl (C=O) groups is 2. The summed E-state index contributed by atoms with van der Waals surface area (Å²) in [5.41, 5.74) is 0. The van der Waals surface area contributed by atoms with Crippen molar-refractivity contribution in [2.24, 2.45) is 0 Å². The molecule has 1 atom stereocenters. The zero-order valence-electron chi connectivity index (χ0n) is 42.0. The molecule has 0 bridgehead atoms. The largest absolute Gasteiger partial charge is 0.462 e. The molecule has 0 fully saturated rings. The van der Waals surface area contributed by atoms with E-state index in [0.29, 0.717) is 19.4 Å². The third-order valence-corrected chi connectivity index (χ3v) is 11.1. The van der Waals surface area contributed by atoms with Crippen molar-refractivity contribution in [3.63, 3.8) is 0 Å². The van der Waals surface area contributed by atoms with Gasteiger partial charge in [-0.25, -0.2) is 0 Å². The van der Waals surface area contributed by atoms with Crippen LogP contribution in [0.4, 0.5) is 0 Å². The van der Waals surface area contributed by atoms with Gasteiger partial charge in [0, 0.05) is 12.8 Å². The highest BCUT2D eigenvalue weighted by molar-refractivity contribution is 5.70. The summed E-state index contributed by atoms with van der Waals surface area (Å²) in [7, 11) is 0. The Balaban J connectivity index is 4.41. The number of unbranched alkanes of at least 4 members (excludes halogenated alkanes) is 21. The summed E-state index contributed by atoms with van der Waals surface area (Å²) in [5, 5.41) is 0. The number of hydrogen-bond acceptors (Lipinski definition) is 5. The zero-order valence-corrected chi connectivity index (χ0v) is 42.0. The minimum atomic E-state index is -0.590. The van der Waals surface area contributed by atoms with E-state index < -0.39 is 6.10 Å². The highest BCUT2D eigenvalue weighted by atomic mass is 16.6. The standard InChI is InChI=1S/C59H100O5/c1-4-7-10-13-16-19-22-25-28-30-32-34-37-40-43-46-49-52-58(60)63-56-57(55-62-54-51-48-45-42-39-36-33-29-26-23-20-17-14-11-8-5-2)64-59(61)53-50-47-44-41-38-35-31-27-24-21-18-15-12-9-6-3/h8,11,17-18,20-21,25-29,31,36,39,45,48,57H,4-7,9-10,12-16,19,22-24,30,32-35,37-38,40-44,46-47,49-56H2,1-3H3/b11-8-,20-17-,21-18-,28-25-,29-26-,31-27-,39-36-,48-45-. The summed E-state index contributed by atoms with van der Waals surface area (Å²) in [4.78, 5) is 25.4. The Morgan fingerprint density at radius 3 is 1.17 bits per heavy atom. The van der Waals surface area contributed by atoms with Crippen molar-refractivity contribution in [2.45, 2.75) is 245 Å². The van der Waals surface area contributed by atoms with Crippen molar-refractivity contribution >= 4 is 11.9 Å². The van der Waals surface area contributed by atoms with Crippen molar-refractivity contribution in [3.05, 3.63) is 97.2 Å². The number of ether oxygens (including phenoxy) is 3. The molecule has 0 aliphatic carbocycles. The fraction of sp³-hybridized carbons (Fsp3) is 0.695. The normalized spacial score (nSPS) is 13.0. The topological polar surface area (TPSA) is 61.8 Å². The quantitative estimate of drug-likeness (QED) is 0.0346. The van der Waals surface area contributed by atoms with Crippen LogP contribution in [0.25, 0.3) is 0 Å². The smallest absolute Gasteiger partial charge is 0.306 e. The Morgan fingerprint density at radius 1 is 0.359 bits per heavy atom. The second kappa shape index (κ2) is 54.2. The second-order valence-corrected chi connectivity index (χ2v) is 17.4. The number of rotatable bonds is 48. The third kappa shape index (κ3) is 51.5. The van der Waals surface area contributed by atoms with E-state index in [1.807, 2.05) is 0 Å². The van der Waals surface area contributed by atoms with Gasteiger partial charge < -0.3 is 14.2 Å². The van der Waals surface area contributed by atoms with Crippen LogP contribution in [0.15, 0.2) is 97.2 Å². The summed E-state index contributed by atoms with van der Waals surface area (Å²) in [6.07, 6.45) is 72.9. The van der Waals surface area contributed by atoms with E-state index in [1.54, 1.807) is 0 Å². The molecule has 1 unspecified atom stereocenters. The fourth-order valence-electron chi connectivity index (χ4n) is 7.13. The van der Waals surface area contributed by atoms with Gasteiger partial charge in [0.2, 0.25) is 0 Å². The Hall–Kier alpha value is -3.18. The average Bonchev–Trinajstić information content (AvgIpc) is 3.30. The first-order chi connectivity index (χ1) is 31.6. The summed E-state index contributed by atoms with van der Waals surface area (Å²) >= 11 is 0. The molecule has 0 N–H and O–H groups in total. The van der Waals surface area contributed by atoms with Crippen LogP contribution in [0, 0.1) is 0 Å². The summed E-state index contributed by atoms with van der Waals surface area (Å²) < 4.78 is 17.3. The van der Waals surface area contributed by atoms with Crippen LogP contribution in [0.2, 0.25) is 0 Å². The monoisotopic (exact) mass is 889 g/mol. The van der Waals surface area contributed by atoms with Gasteiger partial charge in [0.25, 0.3) is 0 Å². The first-order valence-corrected chi connectivity index (χ1v) is 26.8. The molecule has 0 heterocycles. The fourth-order valence-corrected chi connectivity index (χ4v) is 7.13. The van der Waals surface area contributed by atoms with Crippen molar-refractivity contribution in [1.82, 2.24) is 0 Å². The minimum Gasteiger partial charge on any atom is -0.462 e. The predicted molar refractivity (Wildman–Crippen MR) is 279 cm³/mol. The molecule has 0 aromatic heterocycles. The van der Waals surface area contributed by atoms with Gasteiger partial charge in [-0.2, -0.15) is 0 Å². The van der Waals surface area contributed by atoms with E-state index in [0.717, 1.165) is 89.9 Å². The van der Waals surface area contributed by atoms with E-state index in [9.17, 15) is 9.59 Å². The molecule has 0 saturated heterocycles. The molecule has 0 amide bonds. The first-order valence-electron chi connectivity index (χ1n) is 26.8. The van der Waals surface area contributed by atoms with Crippen molar-refractivity contribution in [1.29, 1.82) is 0 Å². The molecule has 0 aromatic carbocycles. The van der Waals surface area contributed by atoms with Crippen LogP contribution in [0.3, 0.4) is 0 Å². The highest BCUT2D eigenvalue weighted by Gasteiger charge is 2.17. The number of carbonyl (C=O) groups excluding carboxylic acids is 2. The van der Waals surface area contributed by atoms with Gasteiger partial charge in [-0.15, -0.1) is 0 Å². The molecule has 0 radical (unpaired) electrons. The van der Waals surface area contributed by atoms with Gasteiger partial charge >= 0.3 is 11.9 Å². The van der Waals surface area contributed by atoms with Crippen LogP contribution >= 0.6 is 0 Å². The Kier molecular flexibility index (Phi) is 51.5. The number of esters is 2. The van der Waals surface area contributed by atoms with Crippen LogP contribution in [0.1, 0.15) is 239 Å². The van der Waals surface area contributed by atoms with E-state index in [-0.39, 0.29) is 25.2 Å². The second-order valence-electron chi connectivity index (χ2n) is 17.4. The maximum Gasteiger partial charge on any atom is 0.306 e. The van der Waals surface area contributed by atoms with Crippen LogP contribution < -0.4 is 0 Å². The lowest BCUT2D eigenvalue weighted by atomic mass is 10.1. The van der Waals surface area contributed by atoms with Gasteiger partial charge in [-0.05, 0) is 109 Å². The van der Waals surface area contributed by atoms with Crippen LogP contribution in [0.5, 0.6) is 0 Å².